The van der Waals surface area contributed by atoms with Crippen molar-refractivity contribution < 1.29 is 12.9 Å². The highest BCUT2D eigenvalue weighted by molar-refractivity contribution is 7.92. The maximum Gasteiger partial charge on any atom is 0.438 e. The summed E-state index contributed by atoms with van der Waals surface area (Å²) >= 11 is 0. The topological polar surface area (TPSA) is 93.0 Å². The van der Waals surface area contributed by atoms with Crippen molar-refractivity contribution in [2.45, 2.75) is 30.9 Å². The zero-order valence-corrected chi connectivity index (χ0v) is 8.92. The minimum absolute atomic E-state index is 0.236. The fourth-order valence-electron chi connectivity index (χ4n) is 1.81. The molecule has 7 heteroatoms. The van der Waals surface area contributed by atoms with E-state index in [1.54, 1.807) is 0 Å². The van der Waals surface area contributed by atoms with E-state index in [-0.39, 0.29) is 12.2 Å². The molecule has 1 unspecified atom stereocenters. The van der Waals surface area contributed by atoms with Crippen molar-refractivity contribution in [3.05, 3.63) is 16.4 Å². The number of rotatable bonds is 2. The lowest BCUT2D eigenvalue weighted by Gasteiger charge is -2.20. The number of H-pyrrole nitrogens is 1. The Morgan fingerprint density at radius 1 is 1.47 bits per heavy atom. The van der Waals surface area contributed by atoms with Crippen LogP contribution in [-0.2, 0) is 16.3 Å². The van der Waals surface area contributed by atoms with Gasteiger partial charge in [-0.3, -0.25) is 9.51 Å². The molecular formula is C8H12N2O4S. The first kappa shape index (κ1) is 10.4. The molecule has 2 heterocycles. The maximum absolute atomic E-state index is 11.6. The fourth-order valence-corrected chi connectivity index (χ4v) is 3.69. The Hall–Kier alpha value is -1.11. The molecule has 1 aromatic rings. The van der Waals surface area contributed by atoms with Gasteiger partial charge in [0.1, 0.15) is 0 Å². The standard InChI is InChI=1S/C8H12N2O4S/c11-8-9-7(10-14-8)5-6-3-1-2-4-15(6,12)13/h6H,1-5H2,(H,9,10,11). The molecule has 1 N–H and O–H groups in total. The molecule has 0 saturated carbocycles. The van der Waals surface area contributed by atoms with Gasteiger partial charge >= 0.3 is 5.76 Å². The summed E-state index contributed by atoms with van der Waals surface area (Å²) < 4.78 is 27.6. The Bertz CT molecular complexity index is 487. The van der Waals surface area contributed by atoms with E-state index in [0.29, 0.717) is 12.2 Å². The van der Waals surface area contributed by atoms with E-state index >= 15 is 0 Å². The Kier molecular flexibility index (Phi) is 2.64. The average molecular weight is 232 g/mol. The summed E-state index contributed by atoms with van der Waals surface area (Å²) in [5, 5.41) is 3.04. The van der Waals surface area contributed by atoms with E-state index in [1.807, 2.05) is 0 Å². The molecule has 0 aromatic carbocycles. The van der Waals surface area contributed by atoms with Gasteiger partial charge in [-0.25, -0.2) is 13.2 Å². The monoisotopic (exact) mass is 232 g/mol. The first-order chi connectivity index (χ1) is 7.08. The predicted molar refractivity (Wildman–Crippen MR) is 52.3 cm³/mol. The van der Waals surface area contributed by atoms with Crippen molar-refractivity contribution >= 4 is 9.84 Å². The van der Waals surface area contributed by atoms with Crippen LogP contribution in [0.1, 0.15) is 25.1 Å². The molecule has 1 atom stereocenters. The van der Waals surface area contributed by atoms with Crippen molar-refractivity contribution in [1.82, 2.24) is 10.1 Å². The van der Waals surface area contributed by atoms with E-state index in [0.717, 1.165) is 12.8 Å². The lowest BCUT2D eigenvalue weighted by molar-refractivity contribution is 0.380. The number of sulfone groups is 1. The average Bonchev–Trinajstić information content (AvgIpc) is 2.55. The number of hydrogen-bond acceptors (Lipinski definition) is 5. The number of aromatic nitrogens is 2. The van der Waals surface area contributed by atoms with Gasteiger partial charge < -0.3 is 0 Å². The smallest absolute Gasteiger partial charge is 0.296 e. The van der Waals surface area contributed by atoms with Gasteiger partial charge in [0.05, 0.1) is 11.0 Å². The molecule has 0 bridgehead atoms. The van der Waals surface area contributed by atoms with Gasteiger partial charge in [0.2, 0.25) is 0 Å². The Morgan fingerprint density at radius 3 is 2.87 bits per heavy atom. The van der Waals surface area contributed by atoms with E-state index in [4.69, 9.17) is 0 Å². The van der Waals surface area contributed by atoms with Gasteiger partial charge in [0, 0.05) is 6.42 Å². The molecule has 1 fully saturated rings. The van der Waals surface area contributed by atoms with Crippen LogP contribution in [0, 0.1) is 0 Å². The second-order valence-corrected chi connectivity index (χ2v) is 6.13. The van der Waals surface area contributed by atoms with Gasteiger partial charge in [-0.2, -0.15) is 0 Å². The third kappa shape index (κ3) is 2.28. The van der Waals surface area contributed by atoms with Crippen molar-refractivity contribution in [2.24, 2.45) is 0 Å². The minimum Gasteiger partial charge on any atom is -0.296 e. The van der Waals surface area contributed by atoms with Gasteiger partial charge in [-0.1, -0.05) is 11.6 Å². The number of hydrogen-bond donors (Lipinski definition) is 1. The van der Waals surface area contributed by atoms with Crippen molar-refractivity contribution in [3.63, 3.8) is 0 Å². The summed E-state index contributed by atoms with van der Waals surface area (Å²) in [5.41, 5.74) is 0. The fraction of sp³-hybridized carbons (Fsp3) is 0.750. The molecule has 0 radical (unpaired) electrons. The predicted octanol–water partition coefficient (Wildman–Crippen LogP) is -0.127. The molecule has 0 amide bonds. The summed E-state index contributed by atoms with van der Waals surface area (Å²) in [6.45, 7) is 0. The van der Waals surface area contributed by atoms with Crippen molar-refractivity contribution in [1.29, 1.82) is 0 Å². The second-order valence-electron chi connectivity index (χ2n) is 3.73. The highest BCUT2D eigenvalue weighted by Crippen LogP contribution is 2.21. The molecule has 1 aromatic heterocycles. The number of nitrogens with zero attached hydrogens (tertiary/aromatic N) is 1. The summed E-state index contributed by atoms with van der Waals surface area (Å²) in [6, 6.07) is 0. The second kappa shape index (κ2) is 3.80. The molecule has 1 aliphatic heterocycles. The maximum atomic E-state index is 11.6. The highest BCUT2D eigenvalue weighted by Gasteiger charge is 2.29. The number of aromatic amines is 1. The zero-order chi connectivity index (χ0) is 10.9. The highest BCUT2D eigenvalue weighted by atomic mass is 32.2. The Balaban J connectivity index is 2.14. The van der Waals surface area contributed by atoms with Gasteiger partial charge in [-0.05, 0) is 12.8 Å². The summed E-state index contributed by atoms with van der Waals surface area (Å²) in [4.78, 5) is 13.0. The first-order valence-electron chi connectivity index (χ1n) is 4.84. The lowest BCUT2D eigenvalue weighted by Crippen LogP contribution is -2.30. The van der Waals surface area contributed by atoms with Crippen LogP contribution in [0.25, 0.3) is 0 Å². The summed E-state index contributed by atoms with van der Waals surface area (Å²) in [5.74, 6) is -0.0894. The SMILES string of the molecule is O=c1[nH]c(CC2CCCCS2(=O)=O)no1. The van der Waals surface area contributed by atoms with Crippen molar-refractivity contribution in [3.8, 4) is 0 Å². The molecule has 2 rings (SSSR count). The third-order valence-electron chi connectivity index (χ3n) is 2.62. The summed E-state index contributed by atoms with van der Waals surface area (Å²) in [7, 11) is -3.02. The van der Waals surface area contributed by atoms with Crippen LogP contribution in [0.2, 0.25) is 0 Å². The molecular weight excluding hydrogens is 220 g/mol. The van der Waals surface area contributed by atoms with Crippen LogP contribution in [-0.4, -0.2) is 29.6 Å². The third-order valence-corrected chi connectivity index (χ3v) is 4.89. The summed E-state index contributed by atoms with van der Waals surface area (Å²) in [6.07, 6.45) is 2.52. The molecule has 0 spiro atoms. The minimum atomic E-state index is -3.02. The molecule has 1 aliphatic rings. The van der Waals surface area contributed by atoms with Gasteiger partial charge in [0.25, 0.3) is 0 Å². The van der Waals surface area contributed by atoms with Crippen LogP contribution in [0.4, 0.5) is 0 Å². The largest absolute Gasteiger partial charge is 0.438 e. The van der Waals surface area contributed by atoms with E-state index in [9.17, 15) is 13.2 Å². The van der Waals surface area contributed by atoms with Crippen LogP contribution >= 0.6 is 0 Å². The Morgan fingerprint density at radius 2 is 2.27 bits per heavy atom. The normalized spacial score (nSPS) is 25.2. The first-order valence-corrected chi connectivity index (χ1v) is 6.56. The van der Waals surface area contributed by atoms with Crippen LogP contribution in [0.5, 0.6) is 0 Å². The molecule has 1 saturated heterocycles. The van der Waals surface area contributed by atoms with Gasteiger partial charge in [-0.15, -0.1) is 0 Å². The van der Waals surface area contributed by atoms with Crippen LogP contribution < -0.4 is 5.76 Å². The molecule has 15 heavy (non-hydrogen) atoms. The molecule has 84 valence electrons. The lowest BCUT2D eigenvalue weighted by atomic mass is 10.1. The Labute approximate surface area is 86.6 Å². The quantitative estimate of drug-likeness (QED) is 0.766. The zero-order valence-electron chi connectivity index (χ0n) is 8.10. The molecule has 6 nitrogen and oxygen atoms in total. The number of nitrogens with one attached hydrogen (secondary N) is 1. The van der Waals surface area contributed by atoms with E-state index in [1.165, 1.54) is 0 Å². The van der Waals surface area contributed by atoms with Crippen LogP contribution in [0.15, 0.2) is 9.32 Å². The van der Waals surface area contributed by atoms with Crippen LogP contribution in [0.3, 0.4) is 0 Å². The van der Waals surface area contributed by atoms with E-state index < -0.39 is 20.8 Å². The van der Waals surface area contributed by atoms with Crippen molar-refractivity contribution in [2.75, 3.05) is 5.75 Å². The van der Waals surface area contributed by atoms with E-state index in [2.05, 4.69) is 14.7 Å². The molecule has 0 aliphatic carbocycles. The van der Waals surface area contributed by atoms with Gasteiger partial charge in [0.15, 0.2) is 15.7 Å².